The zero-order valence-corrected chi connectivity index (χ0v) is 8.38. The first-order valence-corrected chi connectivity index (χ1v) is 4.70. The van der Waals surface area contributed by atoms with Crippen molar-refractivity contribution in [3.63, 3.8) is 0 Å². The van der Waals surface area contributed by atoms with Gasteiger partial charge in [-0.2, -0.15) is 0 Å². The summed E-state index contributed by atoms with van der Waals surface area (Å²) in [5.41, 5.74) is 0. The van der Waals surface area contributed by atoms with E-state index in [1.54, 1.807) is 12.0 Å². The molecule has 1 amide bonds. The second-order valence-electron chi connectivity index (χ2n) is 3.46. The molecule has 4 heteroatoms. The molecular formula is C9H18N2O2. The Morgan fingerprint density at radius 3 is 3.08 bits per heavy atom. The molecule has 0 spiro atoms. The van der Waals surface area contributed by atoms with Crippen LogP contribution >= 0.6 is 0 Å². The molecule has 1 N–H and O–H groups in total. The number of nitrogens with zero attached hydrogens (tertiary/aromatic N) is 1. The van der Waals surface area contributed by atoms with Crippen molar-refractivity contribution < 1.29 is 9.53 Å². The number of likely N-dealkylation sites (N-methyl/N-ethyl adjacent to an activating group) is 1. The molecule has 4 nitrogen and oxygen atoms in total. The summed E-state index contributed by atoms with van der Waals surface area (Å²) in [6.45, 7) is 2.42. The highest BCUT2D eigenvalue weighted by Gasteiger charge is 2.21. The molecule has 0 radical (unpaired) electrons. The Morgan fingerprint density at radius 2 is 2.46 bits per heavy atom. The monoisotopic (exact) mass is 186 g/mol. The molecule has 1 saturated heterocycles. The van der Waals surface area contributed by atoms with Crippen molar-refractivity contribution >= 4 is 5.91 Å². The van der Waals surface area contributed by atoms with Gasteiger partial charge < -0.3 is 15.0 Å². The van der Waals surface area contributed by atoms with Gasteiger partial charge >= 0.3 is 0 Å². The average Bonchev–Trinajstić information content (AvgIpc) is 2.12. The molecule has 76 valence electrons. The molecule has 0 saturated carbocycles. The number of piperidine rings is 1. The zero-order chi connectivity index (χ0) is 9.68. The third-order valence-electron chi connectivity index (χ3n) is 2.37. The topological polar surface area (TPSA) is 41.6 Å². The third kappa shape index (κ3) is 3.32. The molecule has 0 aliphatic carbocycles. The first kappa shape index (κ1) is 10.5. The lowest BCUT2D eigenvalue weighted by Crippen LogP contribution is -2.47. The number of hydrogen-bond donors (Lipinski definition) is 1. The molecule has 1 atom stereocenters. The number of methoxy groups -OCH3 is 1. The Balaban J connectivity index is 2.17. The van der Waals surface area contributed by atoms with Crippen LogP contribution in [0.2, 0.25) is 0 Å². The van der Waals surface area contributed by atoms with Crippen LogP contribution in [-0.2, 0) is 9.53 Å². The first-order chi connectivity index (χ1) is 6.24. The Kier molecular flexibility index (Phi) is 4.18. The maximum absolute atomic E-state index is 11.1. The van der Waals surface area contributed by atoms with Crippen LogP contribution in [0, 0.1) is 0 Å². The van der Waals surface area contributed by atoms with Crippen molar-refractivity contribution in [2.75, 3.05) is 33.9 Å². The van der Waals surface area contributed by atoms with Crippen molar-refractivity contribution in [1.29, 1.82) is 0 Å². The molecule has 1 aliphatic heterocycles. The standard InChI is InChI=1S/C9H18N2O2/c1-11-7-8(3-4-9(11)12)10-5-6-13-2/h8,10H,3-7H2,1-2H3. The molecule has 0 aromatic rings. The molecule has 1 rings (SSSR count). The van der Waals surface area contributed by atoms with Crippen LogP contribution in [0.25, 0.3) is 0 Å². The lowest BCUT2D eigenvalue weighted by molar-refractivity contribution is -0.132. The van der Waals surface area contributed by atoms with Gasteiger partial charge in [0.2, 0.25) is 5.91 Å². The summed E-state index contributed by atoms with van der Waals surface area (Å²) in [5, 5.41) is 3.35. The van der Waals surface area contributed by atoms with E-state index in [0.717, 1.165) is 26.1 Å². The van der Waals surface area contributed by atoms with Crippen LogP contribution in [0.15, 0.2) is 0 Å². The third-order valence-corrected chi connectivity index (χ3v) is 2.37. The largest absolute Gasteiger partial charge is 0.383 e. The lowest BCUT2D eigenvalue weighted by atomic mass is 10.1. The fourth-order valence-corrected chi connectivity index (χ4v) is 1.54. The van der Waals surface area contributed by atoms with E-state index >= 15 is 0 Å². The molecule has 1 unspecified atom stereocenters. The van der Waals surface area contributed by atoms with Crippen molar-refractivity contribution in [2.24, 2.45) is 0 Å². The van der Waals surface area contributed by atoms with Crippen LogP contribution in [0.5, 0.6) is 0 Å². The molecule has 0 aromatic heterocycles. The summed E-state index contributed by atoms with van der Waals surface area (Å²) in [5.74, 6) is 0.254. The van der Waals surface area contributed by atoms with Crippen molar-refractivity contribution in [3.8, 4) is 0 Å². The van der Waals surface area contributed by atoms with Gasteiger partial charge in [0.05, 0.1) is 6.61 Å². The fourth-order valence-electron chi connectivity index (χ4n) is 1.54. The fraction of sp³-hybridized carbons (Fsp3) is 0.889. The van der Waals surface area contributed by atoms with E-state index in [1.165, 1.54) is 0 Å². The molecule has 1 aliphatic rings. The number of carbonyl (C=O) groups excluding carboxylic acids is 1. The minimum absolute atomic E-state index is 0.254. The second kappa shape index (κ2) is 5.19. The number of ether oxygens (including phenoxy) is 1. The van der Waals surface area contributed by atoms with Crippen LogP contribution < -0.4 is 5.32 Å². The Bertz CT molecular complexity index is 173. The maximum atomic E-state index is 11.1. The molecule has 0 aromatic carbocycles. The van der Waals surface area contributed by atoms with Gasteiger partial charge in [0, 0.05) is 39.7 Å². The SMILES string of the molecule is COCCNC1CCC(=O)N(C)C1. The summed E-state index contributed by atoms with van der Waals surface area (Å²) in [6, 6.07) is 0.442. The highest BCUT2D eigenvalue weighted by atomic mass is 16.5. The number of rotatable bonds is 4. The smallest absolute Gasteiger partial charge is 0.222 e. The predicted octanol–water partition coefficient (Wildman–Crippen LogP) is -0.157. The maximum Gasteiger partial charge on any atom is 0.222 e. The van der Waals surface area contributed by atoms with Gasteiger partial charge in [-0.25, -0.2) is 0 Å². The van der Waals surface area contributed by atoms with Crippen LogP contribution in [0.3, 0.4) is 0 Å². The van der Waals surface area contributed by atoms with E-state index in [1.807, 2.05) is 7.05 Å². The number of carbonyl (C=O) groups is 1. The normalized spacial score (nSPS) is 23.7. The van der Waals surface area contributed by atoms with Gasteiger partial charge in [-0.15, -0.1) is 0 Å². The van der Waals surface area contributed by atoms with Crippen LogP contribution in [-0.4, -0.2) is 50.7 Å². The van der Waals surface area contributed by atoms with E-state index in [0.29, 0.717) is 12.5 Å². The van der Waals surface area contributed by atoms with Crippen molar-refractivity contribution in [1.82, 2.24) is 10.2 Å². The van der Waals surface area contributed by atoms with E-state index in [4.69, 9.17) is 4.74 Å². The van der Waals surface area contributed by atoms with Gasteiger partial charge in [-0.1, -0.05) is 0 Å². The Hall–Kier alpha value is -0.610. The minimum atomic E-state index is 0.254. The number of likely N-dealkylation sites (tertiary alicyclic amines) is 1. The Morgan fingerprint density at radius 1 is 1.69 bits per heavy atom. The summed E-state index contributed by atoms with van der Waals surface area (Å²) in [4.78, 5) is 12.9. The average molecular weight is 186 g/mol. The van der Waals surface area contributed by atoms with Gasteiger partial charge in [0.15, 0.2) is 0 Å². The number of hydrogen-bond acceptors (Lipinski definition) is 3. The predicted molar refractivity (Wildman–Crippen MR) is 50.5 cm³/mol. The highest BCUT2D eigenvalue weighted by molar-refractivity contribution is 5.76. The van der Waals surface area contributed by atoms with Crippen LogP contribution in [0.4, 0.5) is 0 Å². The lowest BCUT2D eigenvalue weighted by Gasteiger charge is -2.30. The van der Waals surface area contributed by atoms with Gasteiger partial charge in [0.1, 0.15) is 0 Å². The van der Waals surface area contributed by atoms with E-state index in [9.17, 15) is 4.79 Å². The number of amides is 1. The summed E-state index contributed by atoms with van der Waals surface area (Å²) in [6.07, 6.45) is 1.62. The molecule has 0 bridgehead atoms. The Labute approximate surface area is 79.2 Å². The van der Waals surface area contributed by atoms with E-state index < -0.39 is 0 Å². The van der Waals surface area contributed by atoms with Crippen molar-refractivity contribution in [2.45, 2.75) is 18.9 Å². The molecule has 13 heavy (non-hydrogen) atoms. The molecular weight excluding hydrogens is 168 g/mol. The quantitative estimate of drug-likeness (QED) is 0.620. The second-order valence-corrected chi connectivity index (χ2v) is 3.46. The number of nitrogens with one attached hydrogen (secondary N) is 1. The van der Waals surface area contributed by atoms with E-state index in [2.05, 4.69) is 5.32 Å². The van der Waals surface area contributed by atoms with Crippen molar-refractivity contribution in [3.05, 3.63) is 0 Å². The summed E-state index contributed by atoms with van der Waals surface area (Å²) < 4.78 is 4.94. The minimum Gasteiger partial charge on any atom is -0.383 e. The molecule has 1 fully saturated rings. The van der Waals surface area contributed by atoms with E-state index in [-0.39, 0.29) is 5.91 Å². The molecule has 1 heterocycles. The van der Waals surface area contributed by atoms with Gasteiger partial charge in [-0.3, -0.25) is 4.79 Å². The summed E-state index contributed by atoms with van der Waals surface area (Å²) in [7, 11) is 3.55. The summed E-state index contributed by atoms with van der Waals surface area (Å²) >= 11 is 0. The zero-order valence-electron chi connectivity index (χ0n) is 8.38. The first-order valence-electron chi connectivity index (χ1n) is 4.70. The highest BCUT2D eigenvalue weighted by Crippen LogP contribution is 2.08. The van der Waals surface area contributed by atoms with Crippen LogP contribution in [0.1, 0.15) is 12.8 Å². The van der Waals surface area contributed by atoms with Gasteiger partial charge in [-0.05, 0) is 6.42 Å². The van der Waals surface area contributed by atoms with Gasteiger partial charge in [0.25, 0.3) is 0 Å².